The molecular weight excluding hydrogens is 242 g/mol. The average Bonchev–Trinajstić information content (AvgIpc) is 2.77. The van der Waals surface area contributed by atoms with Crippen molar-refractivity contribution in [2.75, 3.05) is 5.88 Å². The maximum atomic E-state index is 11.3. The van der Waals surface area contributed by atoms with Crippen LogP contribution in [0.15, 0.2) is 29.6 Å². The van der Waals surface area contributed by atoms with Crippen molar-refractivity contribution in [3.05, 3.63) is 40.9 Å². The molecule has 2 nitrogen and oxygen atoms in total. The zero-order chi connectivity index (χ0) is 11.5. The summed E-state index contributed by atoms with van der Waals surface area (Å²) in [5, 5.41) is 2.61. The Morgan fingerprint density at radius 3 is 3.00 bits per heavy atom. The van der Waals surface area contributed by atoms with E-state index >= 15 is 0 Å². The molecule has 0 spiro atoms. The minimum Gasteiger partial charge on any atom is -0.291 e. The maximum Gasteiger partial charge on any atom is 0.196 e. The summed E-state index contributed by atoms with van der Waals surface area (Å²) in [6, 6.07) is 8.05. The molecule has 0 bridgehead atoms. The second-order valence-corrected chi connectivity index (χ2v) is 4.59. The van der Waals surface area contributed by atoms with Crippen molar-refractivity contribution < 1.29 is 4.79 Å². The van der Waals surface area contributed by atoms with Gasteiger partial charge in [-0.05, 0) is 13.0 Å². The second kappa shape index (κ2) is 4.76. The summed E-state index contributed by atoms with van der Waals surface area (Å²) in [6.45, 7) is 2.03. The monoisotopic (exact) mass is 251 g/mol. The molecule has 0 atom stereocenters. The number of Topliss-reactive ketones (excluding diaryl/α,β-unsaturated/α-hetero) is 1. The first kappa shape index (κ1) is 11.3. The van der Waals surface area contributed by atoms with Crippen LogP contribution in [0.1, 0.15) is 16.1 Å². The van der Waals surface area contributed by atoms with E-state index in [-0.39, 0.29) is 11.7 Å². The quantitative estimate of drug-likeness (QED) is 0.617. The predicted molar refractivity (Wildman–Crippen MR) is 67.3 cm³/mol. The number of hydrogen-bond acceptors (Lipinski definition) is 3. The lowest BCUT2D eigenvalue weighted by atomic mass is 10.1. The average molecular weight is 252 g/mol. The van der Waals surface area contributed by atoms with Gasteiger partial charge in [0.25, 0.3) is 0 Å². The molecule has 0 aliphatic heterocycles. The van der Waals surface area contributed by atoms with E-state index in [9.17, 15) is 4.79 Å². The van der Waals surface area contributed by atoms with Crippen LogP contribution in [0.25, 0.3) is 10.6 Å². The number of hydrogen-bond donors (Lipinski definition) is 0. The first-order valence-corrected chi connectivity index (χ1v) is 6.24. The van der Waals surface area contributed by atoms with E-state index in [4.69, 9.17) is 11.6 Å². The molecule has 0 aliphatic rings. The summed E-state index contributed by atoms with van der Waals surface area (Å²) < 4.78 is 0. The summed E-state index contributed by atoms with van der Waals surface area (Å²) in [7, 11) is 0. The highest BCUT2D eigenvalue weighted by Crippen LogP contribution is 2.24. The number of halogens is 1. The Morgan fingerprint density at radius 2 is 2.31 bits per heavy atom. The van der Waals surface area contributed by atoms with E-state index < -0.39 is 0 Å². The molecule has 2 aromatic rings. The van der Waals surface area contributed by atoms with E-state index in [1.165, 1.54) is 16.9 Å². The van der Waals surface area contributed by atoms with Gasteiger partial charge in [0.15, 0.2) is 5.78 Å². The highest BCUT2D eigenvalue weighted by atomic mass is 35.5. The Balaban J connectivity index is 2.35. The summed E-state index contributed by atoms with van der Waals surface area (Å²) in [4.78, 5) is 15.6. The maximum absolute atomic E-state index is 11.3. The third-order valence-electron chi connectivity index (χ3n) is 2.18. The molecule has 0 fully saturated rings. The number of aryl methyl sites for hydroxylation is 1. The minimum atomic E-state index is -0.128. The fourth-order valence-electron chi connectivity index (χ4n) is 1.38. The van der Waals surface area contributed by atoms with Crippen molar-refractivity contribution in [2.24, 2.45) is 0 Å². The summed E-state index contributed by atoms with van der Waals surface area (Å²) in [5.41, 5.74) is 2.67. The number of aromatic nitrogens is 1. The Bertz CT molecular complexity index is 521. The molecule has 16 heavy (non-hydrogen) atoms. The molecular formula is C12H10ClNOS. The number of carbonyl (C=O) groups is 1. The lowest BCUT2D eigenvalue weighted by Crippen LogP contribution is -1.99. The van der Waals surface area contributed by atoms with Crippen LogP contribution in [0, 0.1) is 6.92 Å². The number of benzene rings is 1. The van der Waals surface area contributed by atoms with Gasteiger partial charge in [0.05, 0.1) is 5.88 Å². The topological polar surface area (TPSA) is 30.0 Å². The van der Waals surface area contributed by atoms with Crippen LogP contribution < -0.4 is 0 Å². The van der Waals surface area contributed by atoms with Crippen LogP contribution in [0.4, 0.5) is 0 Å². The summed E-state index contributed by atoms with van der Waals surface area (Å²) in [5.74, 6) is -0.145. The number of carbonyl (C=O) groups excluding carboxylic acids is 1. The predicted octanol–water partition coefficient (Wildman–Crippen LogP) is 3.54. The van der Waals surface area contributed by atoms with E-state index in [0.717, 1.165) is 10.6 Å². The fraction of sp³-hybridized carbons (Fsp3) is 0.167. The zero-order valence-corrected chi connectivity index (χ0v) is 10.3. The number of nitrogens with zero attached hydrogens (tertiary/aromatic N) is 1. The Hall–Kier alpha value is -1.19. The van der Waals surface area contributed by atoms with Crippen molar-refractivity contribution in [2.45, 2.75) is 6.92 Å². The molecule has 4 heteroatoms. The van der Waals surface area contributed by atoms with Gasteiger partial charge in [-0.3, -0.25) is 4.79 Å². The first-order valence-electron chi connectivity index (χ1n) is 4.82. The van der Waals surface area contributed by atoms with Crippen LogP contribution in [-0.4, -0.2) is 16.6 Å². The van der Waals surface area contributed by atoms with Crippen LogP contribution in [0.2, 0.25) is 0 Å². The van der Waals surface area contributed by atoms with Crippen molar-refractivity contribution in [1.82, 2.24) is 4.98 Å². The van der Waals surface area contributed by atoms with Crippen molar-refractivity contribution in [1.29, 1.82) is 0 Å². The lowest BCUT2D eigenvalue weighted by Gasteiger charge is -1.97. The van der Waals surface area contributed by atoms with Crippen LogP contribution in [-0.2, 0) is 0 Å². The molecule has 0 radical (unpaired) electrons. The van der Waals surface area contributed by atoms with E-state index in [0.29, 0.717) is 5.69 Å². The third kappa shape index (κ3) is 2.31. The normalized spacial score (nSPS) is 10.4. The third-order valence-corrected chi connectivity index (χ3v) is 3.31. The Labute approximate surface area is 103 Å². The molecule has 1 aromatic heterocycles. The van der Waals surface area contributed by atoms with Gasteiger partial charge in [0, 0.05) is 10.9 Å². The standard InChI is InChI=1S/C12H10ClNOS/c1-8-3-2-4-9(5-8)12-14-10(7-16-12)11(15)6-13/h2-5,7H,6H2,1H3. The number of thiazole rings is 1. The first-order chi connectivity index (χ1) is 7.70. The minimum absolute atomic E-state index is 0.0169. The van der Waals surface area contributed by atoms with Crippen molar-refractivity contribution in [3.63, 3.8) is 0 Å². The van der Waals surface area contributed by atoms with Gasteiger partial charge in [-0.1, -0.05) is 23.8 Å². The van der Waals surface area contributed by atoms with E-state index in [1.54, 1.807) is 5.38 Å². The van der Waals surface area contributed by atoms with Crippen LogP contribution in [0.5, 0.6) is 0 Å². The molecule has 1 aromatic carbocycles. The van der Waals surface area contributed by atoms with Gasteiger partial charge < -0.3 is 0 Å². The van der Waals surface area contributed by atoms with E-state index in [2.05, 4.69) is 4.98 Å². The lowest BCUT2D eigenvalue weighted by molar-refractivity contribution is 0.101. The molecule has 0 unspecified atom stereocenters. The summed E-state index contributed by atoms with van der Waals surface area (Å²) in [6.07, 6.45) is 0. The second-order valence-electron chi connectivity index (χ2n) is 3.46. The largest absolute Gasteiger partial charge is 0.291 e. The molecule has 0 saturated carbocycles. The Morgan fingerprint density at radius 1 is 1.50 bits per heavy atom. The number of rotatable bonds is 3. The van der Waals surface area contributed by atoms with Gasteiger partial charge in [0.1, 0.15) is 10.7 Å². The SMILES string of the molecule is Cc1cccc(-c2nc(C(=O)CCl)cs2)c1. The Kier molecular flexibility index (Phi) is 3.36. The smallest absolute Gasteiger partial charge is 0.196 e. The van der Waals surface area contributed by atoms with Gasteiger partial charge in [-0.2, -0.15) is 0 Å². The van der Waals surface area contributed by atoms with Gasteiger partial charge >= 0.3 is 0 Å². The molecule has 0 aliphatic carbocycles. The van der Waals surface area contributed by atoms with Crippen LogP contribution >= 0.6 is 22.9 Å². The van der Waals surface area contributed by atoms with Crippen molar-refractivity contribution >= 4 is 28.7 Å². The highest BCUT2D eigenvalue weighted by Gasteiger charge is 2.10. The zero-order valence-electron chi connectivity index (χ0n) is 8.74. The number of ketones is 1. The summed E-state index contributed by atoms with van der Waals surface area (Å²) >= 11 is 6.95. The van der Waals surface area contributed by atoms with E-state index in [1.807, 2.05) is 31.2 Å². The fourth-order valence-corrected chi connectivity index (χ4v) is 2.34. The molecule has 1 heterocycles. The molecule has 0 amide bonds. The van der Waals surface area contributed by atoms with Gasteiger partial charge in [-0.15, -0.1) is 22.9 Å². The molecule has 0 saturated heterocycles. The highest BCUT2D eigenvalue weighted by molar-refractivity contribution is 7.13. The molecule has 0 N–H and O–H groups in total. The molecule has 2 rings (SSSR count). The molecule has 82 valence electrons. The van der Waals surface area contributed by atoms with Gasteiger partial charge in [-0.25, -0.2) is 4.98 Å². The van der Waals surface area contributed by atoms with Crippen LogP contribution in [0.3, 0.4) is 0 Å². The number of alkyl halides is 1. The van der Waals surface area contributed by atoms with Gasteiger partial charge in [0.2, 0.25) is 0 Å². The van der Waals surface area contributed by atoms with Crippen molar-refractivity contribution in [3.8, 4) is 10.6 Å².